The largest absolute Gasteiger partial charge is 0.495 e. The zero-order valence-electron chi connectivity index (χ0n) is 12.5. The van der Waals surface area contributed by atoms with E-state index in [2.05, 4.69) is 15.3 Å². The van der Waals surface area contributed by atoms with Crippen LogP contribution in [0, 0.1) is 0 Å². The molecule has 0 aliphatic carbocycles. The van der Waals surface area contributed by atoms with Crippen molar-refractivity contribution in [3.8, 4) is 5.75 Å². The number of nitrogens with two attached hydrogens (primary N) is 1. The molecule has 1 aromatic heterocycles. The van der Waals surface area contributed by atoms with Gasteiger partial charge in [-0.15, -0.1) is 35.3 Å². The first-order valence-electron chi connectivity index (χ1n) is 6.62. The predicted octanol–water partition coefficient (Wildman–Crippen LogP) is 4.33. The fourth-order valence-electron chi connectivity index (χ4n) is 1.64. The lowest BCUT2D eigenvalue weighted by Crippen LogP contribution is -2.22. The summed E-state index contributed by atoms with van der Waals surface area (Å²) < 4.78 is 6.19. The minimum absolute atomic E-state index is 0. The summed E-state index contributed by atoms with van der Waals surface area (Å²) in [7, 11) is 1.58. The van der Waals surface area contributed by atoms with Crippen LogP contribution < -0.4 is 15.8 Å². The molecule has 2 aromatic rings. The van der Waals surface area contributed by atoms with Gasteiger partial charge >= 0.3 is 0 Å². The molecule has 0 aliphatic rings. The Kier molecular flexibility index (Phi) is 9.68. The Hall–Kier alpha value is -0.710. The first kappa shape index (κ1) is 20.3. The molecular weight excluding hydrogens is 467 g/mol. The number of nitrogens with one attached hydrogen (secondary N) is 1. The maximum absolute atomic E-state index is 6.05. The highest BCUT2D eigenvalue weighted by Crippen LogP contribution is 2.27. The number of aliphatic imine (C=N–C) groups is 1. The average molecular weight is 485 g/mol. The SMILES string of the molecule is COc1ccc(NC(N)=NCCCSc2nccs2)cc1Cl.I. The van der Waals surface area contributed by atoms with Crippen molar-refractivity contribution in [1.29, 1.82) is 0 Å². The van der Waals surface area contributed by atoms with Gasteiger partial charge in [-0.05, 0) is 24.6 Å². The van der Waals surface area contributed by atoms with Gasteiger partial charge in [0, 0.05) is 29.6 Å². The van der Waals surface area contributed by atoms with Crippen LogP contribution in [0.3, 0.4) is 0 Å². The van der Waals surface area contributed by atoms with Crippen molar-refractivity contribution in [3.63, 3.8) is 0 Å². The van der Waals surface area contributed by atoms with E-state index in [9.17, 15) is 0 Å². The molecule has 0 radical (unpaired) electrons. The summed E-state index contributed by atoms with van der Waals surface area (Å²) in [6.45, 7) is 0.668. The second kappa shape index (κ2) is 11.0. The zero-order valence-corrected chi connectivity index (χ0v) is 17.2. The molecule has 0 saturated heterocycles. The molecule has 0 bridgehead atoms. The van der Waals surface area contributed by atoms with Gasteiger partial charge in [0.15, 0.2) is 5.96 Å². The first-order valence-corrected chi connectivity index (χ1v) is 8.86. The van der Waals surface area contributed by atoms with Crippen molar-refractivity contribution in [1.82, 2.24) is 4.98 Å². The summed E-state index contributed by atoms with van der Waals surface area (Å²) in [6.07, 6.45) is 2.75. The summed E-state index contributed by atoms with van der Waals surface area (Å²) >= 11 is 9.44. The van der Waals surface area contributed by atoms with E-state index >= 15 is 0 Å². The number of guanidine groups is 1. The highest BCUT2D eigenvalue weighted by molar-refractivity contribution is 14.0. The molecule has 23 heavy (non-hydrogen) atoms. The molecule has 0 fully saturated rings. The van der Waals surface area contributed by atoms with E-state index in [1.54, 1.807) is 42.3 Å². The van der Waals surface area contributed by atoms with Crippen LogP contribution >= 0.6 is 58.7 Å². The first-order chi connectivity index (χ1) is 10.7. The van der Waals surface area contributed by atoms with Gasteiger partial charge in [0.2, 0.25) is 0 Å². The Morgan fingerprint density at radius 1 is 1.52 bits per heavy atom. The Balaban J connectivity index is 0.00000264. The highest BCUT2D eigenvalue weighted by Gasteiger charge is 2.02. The second-order valence-corrected chi connectivity index (χ2v) is 6.89. The number of hydrogen-bond donors (Lipinski definition) is 2. The number of halogens is 2. The molecular formula is C14H18ClIN4OS2. The summed E-state index contributed by atoms with van der Waals surface area (Å²) in [5.74, 6) is 1.97. The third kappa shape index (κ3) is 7.15. The number of anilines is 1. The minimum atomic E-state index is 0. The lowest BCUT2D eigenvalue weighted by atomic mass is 10.3. The standard InChI is InChI=1S/C14H17ClN4OS2.HI/c1-20-12-4-3-10(9-11(12)15)19-13(16)17-5-2-7-21-14-18-6-8-22-14;/h3-4,6,8-9H,2,5,7H2,1H3,(H3,16,17,19);1H. The predicted molar refractivity (Wildman–Crippen MR) is 111 cm³/mol. The molecule has 0 spiro atoms. The Labute approximate surface area is 166 Å². The summed E-state index contributed by atoms with van der Waals surface area (Å²) in [5.41, 5.74) is 6.63. The van der Waals surface area contributed by atoms with E-state index in [4.69, 9.17) is 22.1 Å². The molecule has 0 amide bonds. The lowest BCUT2D eigenvalue weighted by Gasteiger charge is -2.08. The smallest absolute Gasteiger partial charge is 0.193 e. The van der Waals surface area contributed by atoms with Gasteiger partial charge in [0.05, 0.1) is 12.1 Å². The van der Waals surface area contributed by atoms with Crippen molar-refractivity contribution in [3.05, 3.63) is 34.8 Å². The monoisotopic (exact) mass is 484 g/mol. The average Bonchev–Trinajstić information content (AvgIpc) is 3.00. The maximum atomic E-state index is 6.05. The normalized spacial score (nSPS) is 11.0. The van der Waals surface area contributed by atoms with E-state index in [1.165, 1.54) is 0 Å². The van der Waals surface area contributed by atoms with Crippen LogP contribution in [0.4, 0.5) is 5.69 Å². The molecule has 5 nitrogen and oxygen atoms in total. The molecule has 1 aromatic carbocycles. The number of aromatic nitrogens is 1. The number of thioether (sulfide) groups is 1. The molecule has 0 atom stereocenters. The van der Waals surface area contributed by atoms with Crippen LogP contribution in [0.25, 0.3) is 0 Å². The van der Waals surface area contributed by atoms with Crippen molar-refractivity contribution < 1.29 is 4.74 Å². The van der Waals surface area contributed by atoms with Gasteiger partial charge in [-0.25, -0.2) is 4.98 Å². The van der Waals surface area contributed by atoms with Gasteiger partial charge in [0.1, 0.15) is 10.1 Å². The number of ether oxygens (including phenoxy) is 1. The Morgan fingerprint density at radius 2 is 2.35 bits per heavy atom. The van der Waals surface area contributed by atoms with Crippen LogP contribution in [0.15, 0.2) is 39.1 Å². The fourth-order valence-corrected chi connectivity index (χ4v) is 3.53. The Morgan fingerprint density at radius 3 is 3.00 bits per heavy atom. The molecule has 2 rings (SSSR count). The van der Waals surface area contributed by atoms with Crippen LogP contribution in [0.1, 0.15) is 6.42 Å². The van der Waals surface area contributed by atoms with Gasteiger partial charge in [-0.1, -0.05) is 23.4 Å². The van der Waals surface area contributed by atoms with Crippen molar-refractivity contribution in [2.75, 3.05) is 24.7 Å². The lowest BCUT2D eigenvalue weighted by molar-refractivity contribution is 0.415. The molecule has 3 N–H and O–H groups in total. The van der Waals surface area contributed by atoms with Crippen molar-refractivity contribution >= 4 is 70.3 Å². The summed E-state index contributed by atoms with van der Waals surface area (Å²) in [4.78, 5) is 8.50. The van der Waals surface area contributed by atoms with Crippen LogP contribution in [0.5, 0.6) is 5.75 Å². The topological polar surface area (TPSA) is 72.5 Å². The van der Waals surface area contributed by atoms with E-state index in [0.717, 1.165) is 22.2 Å². The molecule has 0 aliphatic heterocycles. The molecule has 126 valence electrons. The minimum Gasteiger partial charge on any atom is -0.495 e. The summed E-state index contributed by atoms with van der Waals surface area (Å²) in [5, 5.41) is 5.51. The molecule has 0 saturated carbocycles. The maximum Gasteiger partial charge on any atom is 0.193 e. The number of rotatable bonds is 7. The van der Waals surface area contributed by atoms with Crippen LogP contribution in [-0.2, 0) is 0 Å². The number of methoxy groups -OCH3 is 1. The van der Waals surface area contributed by atoms with E-state index < -0.39 is 0 Å². The molecule has 0 unspecified atom stereocenters. The van der Waals surface area contributed by atoms with Crippen LogP contribution in [0.2, 0.25) is 5.02 Å². The highest BCUT2D eigenvalue weighted by atomic mass is 127. The van der Waals surface area contributed by atoms with E-state index in [1.807, 2.05) is 17.6 Å². The second-order valence-electron chi connectivity index (χ2n) is 4.24. The third-order valence-electron chi connectivity index (χ3n) is 2.64. The number of benzene rings is 1. The van der Waals surface area contributed by atoms with Crippen molar-refractivity contribution in [2.45, 2.75) is 10.8 Å². The van der Waals surface area contributed by atoms with Crippen molar-refractivity contribution in [2.24, 2.45) is 10.7 Å². The van der Waals surface area contributed by atoms with Gasteiger partial charge < -0.3 is 15.8 Å². The fraction of sp³-hybridized carbons (Fsp3) is 0.286. The van der Waals surface area contributed by atoms with Crippen LogP contribution in [-0.4, -0.2) is 30.4 Å². The summed E-state index contributed by atoms with van der Waals surface area (Å²) in [6, 6.07) is 5.37. The zero-order chi connectivity index (χ0) is 15.8. The van der Waals surface area contributed by atoms with Gasteiger partial charge in [-0.2, -0.15) is 0 Å². The van der Waals surface area contributed by atoms with E-state index in [-0.39, 0.29) is 24.0 Å². The molecule has 1 heterocycles. The Bertz CT molecular complexity index is 625. The number of hydrogen-bond acceptors (Lipinski definition) is 5. The number of thiazole rings is 1. The van der Waals surface area contributed by atoms with Gasteiger partial charge in [0.25, 0.3) is 0 Å². The molecule has 9 heteroatoms. The third-order valence-corrected chi connectivity index (χ3v) is 4.99. The van der Waals surface area contributed by atoms with Gasteiger partial charge in [-0.3, -0.25) is 4.99 Å². The number of nitrogens with zero attached hydrogens (tertiary/aromatic N) is 2. The quantitative estimate of drug-likeness (QED) is 0.201. The van der Waals surface area contributed by atoms with E-state index in [0.29, 0.717) is 23.3 Å².